The molecule has 2 aromatic rings. The van der Waals surface area contributed by atoms with Crippen LogP contribution in [0.5, 0.6) is 0 Å². The van der Waals surface area contributed by atoms with Gasteiger partial charge in [-0.2, -0.15) is 4.31 Å². The second-order valence-electron chi connectivity index (χ2n) is 8.58. The fraction of sp³-hybridized carbons (Fsp3) is 0.455. The van der Waals surface area contributed by atoms with E-state index in [9.17, 15) is 13.2 Å². The van der Waals surface area contributed by atoms with Crippen LogP contribution in [0.2, 0.25) is 0 Å². The van der Waals surface area contributed by atoms with E-state index in [1.807, 2.05) is 37.3 Å². The molecular formula is C22H29N3O3S. The van der Waals surface area contributed by atoms with Crippen molar-refractivity contribution in [2.75, 3.05) is 19.6 Å². The van der Waals surface area contributed by atoms with Crippen LogP contribution in [-0.4, -0.2) is 54.2 Å². The molecule has 0 spiro atoms. The Morgan fingerprint density at radius 3 is 2.34 bits per heavy atom. The molecule has 1 saturated heterocycles. The number of hydrogen-bond acceptors (Lipinski definition) is 4. The summed E-state index contributed by atoms with van der Waals surface area (Å²) >= 11 is 0. The van der Waals surface area contributed by atoms with Crippen molar-refractivity contribution in [3.63, 3.8) is 0 Å². The van der Waals surface area contributed by atoms with Crippen molar-refractivity contribution in [3.8, 4) is 0 Å². The first kappa shape index (κ1) is 21.5. The maximum Gasteiger partial charge on any atom is 0.243 e. The number of aromatic nitrogens is 1. The Balaban J connectivity index is 1.69. The topological polar surface area (TPSA) is 70.6 Å². The lowest BCUT2D eigenvalue weighted by Gasteiger charge is -2.39. The summed E-state index contributed by atoms with van der Waals surface area (Å²) in [5, 5.41) is 0. The number of carbonyl (C=O) groups excluding carboxylic acids is 1. The van der Waals surface area contributed by atoms with E-state index in [2.05, 4.69) is 25.8 Å². The predicted octanol–water partition coefficient (Wildman–Crippen LogP) is 2.84. The van der Waals surface area contributed by atoms with Crippen LogP contribution in [-0.2, 0) is 26.7 Å². The van der Waals surface area contributed by atoms with Gasteiger partial charge in [-0.05, 0) is 42.2 Å². The fourth-order valence-electron chi connectivity index (χ4n) is 3.56. The lowest BCUT2D eigenvalue weighted by atomic mass is 9.87. The highest BCUT2D eigenvalue weighted by Crippen LogP contribution is 2.26. The van der Waals surface area contributed by atoms with E-state index in [1.54, 1.807) is 23.2 Å². The van der Waals surface area contributed by atoms with Gasteiger partial charge in [0.2, 0.25) is 15.9 Å². The summed E-state index contributed by atoms with van der Waals surface area (Å²) in [5.74, 6) is -0.0258. The van der Waals surface area contributed by atoms with Gasteiger partial charge in [-0.1, -0.05) is 39.0 Å². The van der Waals surface area contributed by atoms with E-state index < -0.39 is 10.0 Å². The van der Waals surface area contributed by atoms with E-state index >= 15 is 0 Å². The molecule has 1 aromatic heterocycles. The maximum absolute atomic E-state index is 13.1. The number of benzene rings is 1. The molecule has 1 fully saturated rings. The number of sulfonamides is 1. The highest BCUT2D eigenvalue weighted by molar-refractivity contribution is 7.89. The lowest BCUT2D eigenvalue weighted by molar-refractivity contribution is -0.132. The second-order valence-corrected chi connectivity index (χ2v) is 10.5. The Morgan fingerprint density at radius 2 is 1.79 bits per heavy atom. The van der Waals surface area contributed by atoms with Gasteiger partial charge in [0.15, 0.2) is 0 Å². The first-order valence-electron chi connectivity index (χ1n) is 9.89. The van der Waals surface area contributed by atoms with E-state index in [-0.39, 0.29) is 23.8 Å². The van der Waals surface area contributed by atoms with Gasteiger partial charge < -0.3 is 4.90 Å². The minimum atomic E-state index is -3.60. The third-order valence-corrected chi connectivity index (χ3v) is 7.33. The van der Waals surface area contributed by atoms with Crippen molar-refractivity contribution in [1.82, 2.24) is 14.2 Å². The highest BCUT2D eigenvalue weighted by Gasteiger charge is 2.35. The smallest absolute Gasteiger partial charge is 0.243 e. The van der Waals surface area contributed by atoms with Gasteiger partial charge in [0.1, 0.15) is 0 Å². The standard InChI is InChI=1S/C22H29N3O3S/c1-17-16-24(21(26)15-19-7-5-6-12-23-19)13-14-25(17)29(27,28)20-10-8-18(9-11-20)22(2,3)4/h5-12,17H,13-16H2,1-4H3. The van der Waals surface area contributed by atoms with Crippen molar-refractivity contribution >= 4 is 15.9 Å². The monoisotopic (exact) mass is 415 g/mol. The van der Waals surface area contributed by atoms with Gasteiger partial charge in [-0.25, -0.2) is 8.42 Å². The molecule has 2 heterocycles. The summed E-state index contributed by atoms with van der Waals surface area (Å²) < 4.78 is 27.8. The van der Waals surface area contributed by atoms with E-state index in [4.69, 9.17) is 0 Å². The molecule has 1 aliphatic heterocycles. The minimum absolute atomic E-state index is 0.0258. The number of piperazine rings is 1. The SMILES string of the molecule is CC1CN(C(=O)Cc2ccccn2)CCN1S(=O)(=O)c1ccc(C(C)(C)C)cc1. The summed E-state index contributed by atoms with van der Waals surface area (Å²) in [6.07, 6.45) is 1.90. The van der Waals surface area contributed by atoms with Gasteiger partial charge in [0.25, 0.3) is 0 Å². The van der Waals surface area contributed by atoms with Crippen LogP contribution in [0, 0.1) is 0 Å². The average Bonchev–Trinajstić information content (AvgIpc) is 2.68. The van der Waals surface area contributed by atoms with E-state index in [0.29, 0.717) is 24.5 Å². The molecular weight excluding hydrogens is 386 g/mol. The summed E-state index contributed by atoms with van der Waals surface area (Å²) in [6, 6.07) is 12.3. The van der Waals surface area contributed by atoms with Crippen LogP contribution >= 0.6 is 0 Å². The number of amides is 1. The molecule has 1 atom stereocenters. The van der Waals surface area contributed by atoms with Gasteiger partial charge in [0, 0.05) is 37.6 Å². The molecule has 1 amide bonds. The summed E-state index contributed by atoms with van der Waals surface area (Å²) in [7, 11) is -3.60. The Morgan fingerprint density at radius 1 is 1.10 bits per heavy atom. The summed E-state index contributed by atoms with van der Waals surface area (Å²) in [6.45, 7) is 9.19. The Labute approximate surface area is 173 Å². The molecule has 1 unspecified atom stereocenters. The van der Waals surface area contributed by atoms with Gasteiger partial charge in [0.05, 0.1) is 11.3 Å². The number of nitrogens with zero attached hydrogens (tertiary/aromatic N) is 3. The van der Waals surface area contributed by atoms with Gasteiger partial charge in [-0.15, -0.1) is 0 Å². The first-order valence-corrected chi connectivity index (χ1v) is 11.3. The number of pyridine rings is 1. The van der Waals surface area contributed by atoms with Crippen LogP contribution in [0.15, 0.2) is 53.6 Å². The quantitative estimate of drug-likeness (QED) is 0.770. The molecule has 6 nitrogen and oxygen atoms in total. The third-order valence-electron chi connectivity index (χ3n) is 5.30. The average molecular weight is 416 g/mol. The minimum Gasteiger partial charge on any atom is -0.339 e. The normalized spacial score (nSPS) is 18.6. The maximum atomic E-state index is 13.1. The summed E-state index contributed by atoms with van der Waals surface area (Å²) in [5.41, 5.74) is 1.78. The fourth-order valence-corrected chi connectivity index (χ4v) is 5.17. The van der Waals surface area contributed by atoms with Crippen LogP contribution in [0.1, 0.15) is 39.0 Å². The van der Waals surface area contributed by atoms with Crippen molar-refractivity contribution < 1.29 is 13.2 Å². The molecule has 0 radical (unpaired) electrons. The molecule has 1 aliphatic rings. The number of rotatable bonds is 4. The zero-order valence-electron chi connectivity index (χ0n) is 17.5. The summed E-state index contributed by atoms with van der Waals surface area (Å²) in [4.78, 5) is 18.8. The second kappa shape index (κ2) is 8.24. The zero-order valence-corrected chi connectivity index (χ0v) is 18.3. The number of carbonyl (C=O) groups is 1. The molecule has 0 aliphatic carbocycles. The van der Waals surface area contributed by atoms with E-state index in [1.165, 1.54) is 4.31 Å². The van der Waals surface area contributed by atoms with Gasteiger partial charge in [-0.3, -0.25) is 9.78 Å². The molecule has 156 valence electrons. The molecule has 0 N–H and O–H groups in total. The molecule has 1 aromatic carbocycles. The largest absolute Gasteiger partial charge is 0.339 e. The predicted molar refractivity (Wildman–Crippen MR) is 113 cm³/mol. The van der Waals surface area contributed by atoms with Crippen molar-refractivity contribution in [3.05, 3.63) is 59.9 Å². The molecule has 7 heteroatoms. The van der Waals surface area contributed by atoms with Crippen LogP contribution in [0.4, 0.5) is 0 Å². The lowest BCUT2D eigenvalue weighted by Crippen LogP contribution is -2.55. The molecule has 3 rings (SSSR count). The van der Waals surface area contributed by atoms with Crippen molar-refractivity contribution in [1.29, 1.82) is 0 Å². The third kappa shape index (κ3) is 4.85. The van der Waals surface area contributed by atoms with E-state index in [0.717, 1.165) is 11.3 Å². The molecule has 0 bridgehead atoms. The first-order chi connectivity index (χ1) is 13.6. The van der Waals surface area contributed by atoms with Crippen LogP contribution in [0.3, 0.4) is 0 Å². The van der Waals surface area contributed by atoms with Crippen molar-refractivity contribution in [2.24, 2.45) is 0 Å². The van der Waals surface area contributed by atoms with Crippen LogP contribution < -0.4 is 0 Å². The van der Waals surface area contributed by atoms with Crippen molar-refractivity contribution in [2.45, 2.75) is 50.5 Å². The zero-order chi connectivity index (χ0) is 21.2. The molecule has 0 saturated carbocycles. The molecule has 29 heavy (non-hydrogen) atoms. The Kier molecular flexibility index (Phi) is 6.10. The number of hydrogen-bond donors (Lipinski definition) is 0. The van der Waals surface area contributed by atoms with Crippen LogP contribution in [0.25, 0.3) is 0 Å². The van der Waals surface area contributed by atoms with Gasteiger partial charge >= 0.3 is 0 Å². The Hall–Kier alpha value is -2.25. The Bertz CT molecular complexity index is 951. The highest BCUT2D eigenvalue weighted by atomic mass is 32.2.